The maximum Gasteiger partial charge on any atom is 0.109 e. The molecule has 0 aromatic heterocycles. The fourth-order valence-electron chi connectivity index (χ4n) is 2.38. The molecule has 100 valence electrons. The van der Waals surface area contributed by atoms with E-state index in [0.29, 0.717) is 6.54 Å². The molecule has 1 aromatic rings. The average molecular weight is 253 g/mol. The number of likely N-dealkylation sites (tertiary alicyclic amines) is 1. The summed E-state index contributed by atoms with van der Waals surface area (Å²) in [5.41, 5.74) is 1.03. The van der Waals surface area contributed by atoms with E-state index in [1.165, 1.54) is 0 Å². The van der Waals surface area contributed by atoms with Crippen LogP contribution in [-0.2, 0) is 6.54 Å². The fourth-order valence-corrected chi connectivity index (χ4v) is 2.38. The van der Waals surface area contributed by atoms with Crippen LogP contribution in [-0.4, -0.2) is 62.8 Å². The van der Waals surface area contributed by atoms with Gasteiger partial charge in [-0.3, -0.25) is 4.90 Å². The molecule has 0 radical (unpaired) electrons. The van der Waals surface area contributed by atoms with Crippen molar-refractivity contribution in [2.75, 3.05) is 13.2 Å². The van der Waals surface area contributed by atoms with Gasteiger partial charge in [-0.2, -0.15) is 0 Å². The first kappa shape index (κ1) is 13.5. The van der Waals surface area contributed by atoms with E-state index in [9.17, 15) is 20.4 Å². The summed E-state index contributed by atoms with van der Waals surface area (Å²) in [6.07, 6.45) is -3.33. The van der Waals surface area contributed by atoms with E-state index in [0.717, 1.165) is 5.56 Å². The highest BCUT2D eigenvalue weighted by Crippen LogP contribution is 2.21. The van der Waals surface area contributed by atoms with E-state index in [1.807, 2.05) is 30.3 Å². The summed E-state index contributed by atoms with van der Waals surface area (Å²) in [6.45, 7) is 0.503. The number of hydrogen-bond acceptors (Lipinski definition) is 5. The standard InChI is InChI=1S/C13H19NO4/c15-8-10-12(17)13(18)11(16)7-14(10)6-9-4-2-1-3-5-9/h1-5,10-13,15-18H,6-8H2/t10-,11+,12-,13-/m0/s1. The molecule has 5 nitrogen and oxygen atoms in total. The summed E-state index contributed by atoms with van der Waals surface area (Å²) in [7, 11) is 0. The van der Waals surface area contributed by atoms with Gasteiger partial charge < -0.3 is 20.4 Å². The summed E-state index contributed by atoms with van der Waals surface area (Å²) in [5, 5.41) is 38.4. The van der Waals surface area contributed by atoms with E-state index in [2.05, 4.69) is 0 Å². The molecule has 1 aliphatic heterocycles. The molecule has 0 bridgehead atoms. The van der Waals surface area contributed by atoms with Gasteiger partial charge in [0.1, 0.15) is 12.2 Å². The molecule has 18 heavy (non-hydrogen) atoms. The number of benzene rings is 1. The molecule has 5 heteroatoms. The normalized spacial score (nSPS) is 33.6. The number of aliphatic hydroxyl groups is 4. The van der Waals surface area contributed by atoms with Gasteiger partial charge in [0, 0.05) is 13.1 Å². The van der Waals surface area contributed by atoms with Crippen molar-refractivity contribution in [2.24, 2.45) is 0 Å². The minimum Gasteiger partial charge on any atom is -0.395 e. The minimum absolute atomic E-state index is 0.234. The summed E-state index contributed by atoms with van der Waals surface area (Å²) in [4.78, 5) is 1.79. The molecule has 1 saturated heterocycles. The number of piperidine rings is 1. The van der Waals surface area contributed by atoms with Crippen molar-refractivity contribution in [3.8, 4) is 0 Å². The first-order valence-corrected chi connectivity index (χ1v) is 6.06. The zero-order valence-corrected chi connectivity index (χ0v) is 10.1. The number of aliphatic hydroxyl groups excluding tert-OH is 4. The second kappa shape index (κ2) is 5.77. The zero-order valence-electron chi connectivity index (χ0n) is 10.1. The second-order valence-corrected chi connectivity index (χ2v) is 4.71. The molecule has 4 atom stereocenters. The van der Waals surface area contributed by atoms with Crippen molar-refractivity contribution in [2.45, 2.75) is 30.9 Å². The summed E-state index contributed by atoms with van der Waals surface area (Å²) < 4.78 is 0. The number of nitrogens with zero attached hydrogens (tertiary/aromatic N) is 1. The lowest BCUT2D eigenvalue weighted by Gasteiger charge is -2.43. The number of rotatable bonds is 3. The molecular weight excluding hydrogens is 234 g/mol. The third-order valence-corrected chi connectivity index (χ3v) is 3.44. The van der Waals surface area contributed by atoms with E-state index in [-0.39, 0.29) is 13.2 Å². The predicted molar refractivity (Wildman–Crippen MR) is 65.7 cm³/mol. The van der Waals surface area contributed by atoms with Crippen LogP contribution in [0.15, 0.2) is 30.3 Å². The highest BCUT2D eigenvalue weighted by Gasteiger charge is 2.40. The summed E-state index contributed by atoms with van der Waals surface area (Å²) in [6, 6.07) is 9.07. The van der Waals surface area contributed by atoms with Crippen LogP contribution in [0.3, 0.4) is 0 Å². The van der Waals surface area contributed by atoms with E-state index in [4.69, 9.17) is 0 Å². The van der Waals surface area contributed by atoms with Crippen LogP contribution in [0.2, 0.25) is 0 Å². The lowest BCUT2D eigenvalue weighted by atomic mass is 9.94. The van der Waals surface area contributed by atoms with Gasteiger partial charge >= 0.3 is 0 Å². The van der Waals surface area contributed by atoms with Crippen molar-refractivity contribution >= 4 is 0 Å². The van der Waals surface area contributed by atoms with Gasteiger partial charge in [-0.1, -0.05) is 30.3 Å². The Morgan fingerprint density at radius 3 is 2.33 bits per heavy atom. The van der Waals surface area contributed by atoms with Crippen molar-refractivity contribution in [3.05, 3.63) is 35.9 Å². The Kier molecular flexibility index (Phi) is 4.31. The predicted octanol–water partition coefficient (Wildman–Crippen LogP) is -1.05. The fraction of sp³-hybridized carbons (Fsp3) is 0.538. The molecule has 0 amide bonds. The van der Waals surface area contributed by atoms with Crippen LogP contribution in [0.1, 0.15) is 5.56 Å². The maximum atomic E-state index is 9.84. The molecular formula is C13H19NO4. The zero-order chi connectivity index (χ0) is 13.1. The molecule has 1 heterocycles. The Hall–Kier alpha value is -0.980. The Bertz CT molecular complexity index is 373. The van der Waals surface area contributed by atoms with Crippen LogP contribution in [0, 0.1) is 0 Å². The van der Waals surface area contributed by atoms with Gasteiger partial charge in [0.05, 0.1) is 18.8 Å². The summed E-state index contributed by atoms with van der Waals surface area (Å²) in [5.74, 6) is 0. The van der Waals surface area contributed by atoms with Crippen molar-refractivity contribution in [1.29, 1.82) is 0 Å². The van der Waals surface area contributed by atoms with Gasteiger partial charge in [0.25, 0.3) is 0 Å². The van der Waals surface area contributed by atoms with Gasteiger partial charge in [0.15, 0.2) is 0 Å². The maximum absolute atomic E-state index is 9.84. The Balaban J connectivity index is 2.10. The Morgan fingerprint density at radius 1 is 1.06 bits per heavy atom. The Morgan fingerprint density at radius 2 is 1.72 bits per heavy atom. The lowest BCUT2D eigenvalue weighted by Crippen LogP contribution is -2.62. The largest absolute Gasteiger partial charge is 0.395 e. The Labute approximate surface area is 106 Å². The molecule has 0 saturated carbocycles. The minimum atomic E-state index is -1.20. The topological polar surface area (TPSA) is 84.2 Å². The molecule has 1 aromatic carbocycles. The highest BCUT2D eigenvalue weighted by atomic mass is 16.4. The van der Waals surface area contributed by atoms with Crippen LogP contribution in [0.5, 0.6) is 0 Å². The smallest absolute Gasteiger partial charge is 0.109 e. The first-order valence-electron chi connectivity index (χ1n) is 6.06. The van der Waals surface area contributed by atoms with Gasteiger partial charge in [-0.05, 0) is 5.56 Å². The van der Waals surface area contributed by atoms with E-state index < -0.39 is 24.4 Å². The molecule has 0 unspecified atom stereocenters. The average Bonchev–Trinajstić information content (AvgIpc) is 2.38. The van der Waals surface area contributed by atoms with Crippen LogP contribution < -0.4 is 0 Å². The molecule has 0 aliphatic carbocycles. The third-order valence-electron chi connectivity index (χ3n) is 3.44. The highest BCUT2D eigenvalue weighted by molar-refractivity contribution is 5.15. The van der Waals surface area contributed by atoms with Crippen molar-refractivity contribution in [1.82, 2.24) is 4.90 Å². The van der Waals surface area contributed by atoms with Crippen molar-refractivity contribution < 1.29 is 20.4 Å². The van der Waals surface area contributed by atoms with Crippen LogP contribution >= 0.6 is 0 Å². The molecule has 0 spiro atoms. The molecule has 1 fully saturated rings. The second-order valence-electron chi connectivity index (χ2n) is 4.71. The van der Waals surface area contributed by atoms with Crippen LogP contribution in [0.25, 0.3) is 0 Å². The molecule has 2 rings (SSSR count). The molecule has 1 aliphatic rings. The van der Waals surface area contributed by atoms with Crippen LogP contribution in [0.4, 0.5) is 0 Å². The van der Waals surface area contributed by atoms with Gasteiger partial charge in [0.2, 0.25) is 0 Å². The van der Waals surface area contributed by atoms with Crippen molar-refractivity contribution in [3.63, 3.8) is 0 Å². The lowest BCUT2D eigenvalue weighted by molar-refractivity contribution is -0.147. The number of hydrogen-bond donors (Lipinski definition) is 4. The molecule has 4 N–H and O–H groups in total. The third kappa shape index (κ3) is 2.71. The van der Waals surface area contributed by atoms with E-state index >= 15 is 0 Å². The summed E-state index contributed by atoms with van der Waals surface area (Å²) >= 11 is 0. The van der Waals surface area contributed by atoms with Gasteiger partial charge in [-0.25, -0.2) is 0 Å². The van der Waals surface area contributed by atoms with E-state index in [1.54, 1.807) is 4.90 Å². The monoisotopic (exact) mass is 253 g/mol. The van der Waals surface area contributed by atoms with Gasteiger partial charge in [-0.15, -0.1) is 0 Å². The quantitative estimate of drug-likeness (QED) is 0.552. The number of β-amino-alcohol motifs (C(OH)–C–C–N with tert-alkyl or cyclic N) is 1. The first-order chi connectivity index (χ1) is 8.63. The SMILES string of the molecule is OC[C@H]1[C@H](O)[C@@H](O)[C@H](O)CN1Cc1ccccc1.